The molecule has 0 aromatic carbocycles. The van der Waals surface area contributed by atoms with Crippen molar-refractivity contribution in [2.75, 3.05) is 17.9 Å². The van der Waals surface area contributed by atoms with Crippen LogP contribution in [-0.4, -0.2) is 69.3 Å². The minimum absolute atomic E-state index is 0.0437. The lowest BCUT2D eigenvalue weighted by molar-refractivity contribution is -0.173. The van der Waals surface area contributed by atoms with Gasteiger partial charge in [0.2, 0.25) is 6.79 Å². The second-order valence-electron chi connectivity index (χ2n) is 11.8. The third kappa shape index (κ3) is 7.67. The summed E-state index contributed by atoms with van der Waals surface area (Å²) in [6.07, 6.45) is 4.63. The van der Waals surface area contributed by atoms with E-state index in [0.717, 1.165) is 24.2 Å². The lowest BCUT2D eigenvalue weighted by atomic mass is 9.98. The van der Waals surface area contributed by atoms with E-state index in [2.05, 4.69) is 15.6 Å². The zero-order valence-corrected chi connectivity index (χ0v) is 25.4. The molecule has 41 heavy (non-hydrogen) atoms. The van der Waals surface area contributed by atoms with Gasteiger partial charge >= 0.3 is 18.0 Å². The number of ether oxygens (including phenoxy) is 3. The van der Waals surface area contributed by atoms with Crippen LogP contribution in [0.4, 0.5) is 9.93 Å². The van der Waals surface area contributed by atoms with Crippen molar-refractivity contribution in [3.05, 3.63) is 28.9 Å². The number of fused-ring (bicyclic) bond motifs is 1. The van der Waals surface area contributed by atoms with E-state index in [-0.39, 0.29) is 16.7 Å². The monoisotopic (exact) mass is 606 g/mol. The zero-order valence-electron chi connectivity index (χ0n) is 23.8. The van der Waals surface area contributed by atoms with E-state index in [1.165, 1.54) is 16.7 Å². The highest BCUT2D eigenvalue weighted by Gasteiger charge is 2.53. The first-order chi connectivity index (χ1) is 19.1. The number of β-lactam (4-membered cyclic amide) rings is 1. The highest BCUT2D eigenvalue weighted by atomic mass is 32.2. The SMILES string of the molecule is CC(C)(C)OC(=O)Nc1nc(/C(=C/C2CC2)C(=O)NC2C(=O)N3C(C(=O)OCOC(=O)C(C)(C)C)=CCSC23)cs1. The van der Waals surface area contributed by atoms with Crippen molar-refractivity contribution in [3.63, 3.8) is 0 Å². The van der Waals surface area contributed by atoms with Gasteiger partial charge in [0.05, 0.1) is 16.7 Å². The molecule has 222 valence electrons. The molecule has 14 heteroatoms. The molecule has 0 spiro atoms. The number of hydrogen-bond acceptors (Lipinski definition) is 11. The molecule has 12 nitrogen and oxygen atoms in total. The number of thioether (sulfide) groups is 1. The summed E-state index contributed by atoms with van der Waals surface area (Å²) >= 11 is 2.55. The van der Waals surface area contributed by atoms with Crippen LogP contribution in [0, 0.1) is 11.3 Å². The van der Waals surface area contributed by atoms with E-state index < -0.39 is 59.1 Å². The highest BCUT2D eigenvalue weighted by Crippen LogP contribution is 2.39. The summed E-state index contributed by atoms with van der Waals surface area (Å²) in [6, 6.07) is -0.858. The maximum Gasteiger partial charge on any atom is 0.413 e. The number of rotatable bonds is 8. The normalized spacial score (nSPS) is 20.7. The number of hydrogen-bond donors (Lipinski definition) is 2. The van der Waals surface area contributed by atoms with Gasteiger partial charge in [0.25, 0.3) is 11.8 Å². The molecule has 0 radical (unpaired) electrons. The van der Waals surface area contributed by atoms with Gasteiger partial charge in [-0.25, -0.2) is 14.6 Å². The molecule has 4 rings (SSSR count). The Kier molecular flexibility index (Phi) is 8.83. The largest absolute Gasteiger partial charge is 0.444 e. The number of esters is 2. The van der Waals surface area contributed by atoms with Crippen LogP contribution in [0.25, 0.3) is 5.57 Å². The van der Waals surface area contributed by atoms with Crippen molar-refractivity contribution in [2.24, 2.45) is 11.3 Å². The third-order valence-electron chi connectivity index (χ3n) is 5.99. The molecule has 2 fully saturated rings. The molecular formula is C27H34N4O8S2. The molecule has 1 aromatic rings. The van der Waals surface area contributed by atoms with Crippen LogP contribution in [-0.2, 0) is 33.4 Å². The summed E-state index contributed by atoms with van der Waals surface area (Å²) < 4.78 is 15.3. The minimum atomic E-state index is -0.858. The molecule has 2 atom stereocenters. The van der Waals surface area contributed by atoms with Crippen LogP contribution in [0.1, 0.15) is 60.1 Å². The Labute approximate surface area is 246 Å². The molecule has 3 heterocycles. The van der Waals surface area contributed by atoms with Gasteiger partial charge < -0.3 is 19.5 Å². The second kappa shape index (κ2) is 11.8. The van der Waals surface area contributed by atoms with Crippen molar-refractivity contribution in [2.45, 2.75) is 71.4 Å². The van der Waals surface area contributed by atoms with Crippen molar-refractivity contribution in [1.82, 2.24) is 15.2 Å². The van der Waals surface area contributed by atoms with Crippen LogP contribution >= 0.6 is 23.1 Å². The molecule has 2 N–H and O–H groups in total. The Hall–Kier alpha value is -3.39. The second-order valence-corrected chi connectivity index (χ2v) is 13.8. The molecule has 1 aromatic heterocycles. The number of carbonyl (C=O) groups is 5. The predicted molar refractivity (Wildman–Crippen MR) is 152 cm³/mol. The van der Waals surface area contributed by atoms with Crippen molar-refractivity contribution in [1.29, 1.82) is 0 Å². The molecule has 3 aliphatic rings. The maximum absolute atomic E-state index is 13.4. The number of allylic oxidation sites excluding steroid dienone is 1. The first-order valence-electron chi connectivity index (χ1n) is 13.1. The fraction of sp³-hybridized carbons (Fsp3) is 0.556. The van der Waals surface area contributed by atoms with Crippen LogP contribution in [0.3, 0.4) is 0 Å². The number of amides is 3. The van der Waals surface area contributed by atoms with E-state index in [9.17, 15) is 24.0 Å². The summed E-state index contributed by atoms with van der Waals surface area (Å²) in [6.45, 7) is 9.71. The van der Waals surface area contributed by atoms with Crippen molar-refractivity contribution >= 4 is 63.6 Å². The maximum atomic E-state index is 13.4. The molecule has 3 amide bonds. The number of aromatic nitrogens is 1. The fourth-order valence-corrected chi connectivity index (χ4v) is 5.69. The highest BCUT2D eigenvalue weighted by molar-refractivity contribution is 8.00. The average Bonchev–Trinajstić information content (AvgIpc) is 3.59. The van der Waals surface area contributed by atoms with Gasteiger partial charge in [0.1, 0.15) is 22.7 Å². The first-order valence-corrected chi connectivity index (χ1v) is 15.0. The number of nitrogens with one attached hydrogen (secondary N) is 2. The lowest BCUT2D eigenvalue weighted by Crippen LogP contribution is -2.70. The Morgan fingerprint density at radius 2 is 1.83 bits per heavy atom. The van der Waals surface area contributed by atoms with E-state index in [1.807, 2.05) is 6.08 Å². The number of nitrogens with zero attached hydrogens (tertiary/aromatic N) is 2. The number of thiazole rings is 1. The Bertz CT molecular complexity index is 1300. The molecule has 2 aliphatic heterocycles. The van der Waals surface area contributed by atoms with Gasteiger partial charge in [-0.3, -0.25) is 24.6 Å². The molecule has 2 unspecified atom stereocenters. The summed E-state index contributed by atoms with van der Waals surface area (Å²) in [5, 5.41) is 6.81. The summed E-state index contributed by atoms with van der Waals surface area (Å²) in [7, 11) is 0. The predicted octanol–water partition coefficient (Wildman–Crippen LogP) is 3.66. The fourth-order valence-electron chi connectivity index (χ4n) is 3.80. The van der Waals surface area contributed by atoms with E-state index in [4.69, 9.17) is 14.2 Å². The molecular weight excluding hydrogens is 572 g/mol. The van der Waals surface area contributed by atoms with Crippen molar-refractivity contribution in [3.8, 4) is 0 Å². The topological polar surface area (TPSA) is 153 Å². The number of anilines is 1. The van der Waals surface area contributed by atoms with Crippen LogP contribution in [0.2, 0.25) is 0 Å². The first kappa shape index (κ1) is 30.6. The van der Waals surface area contributed by atoms with Crippen LogP contribution in [0.15, 0.2) is 23.2 Å². The molecule has 0 bridgehead atoms. The van der Waals surface area contributed by atoms with Crippen LogP contribution < -0.4 is 10.6 Å². The quantitative estimate of drug-likeness (QED) is 0.194. The smallest absolute Gasteiger partial charge is 0.413 e. The third-order valence-corrected chi connectivity index (χ3v) is 7.93. The van der Waals surface area contributed by atoms with E-state index in [0.29, 0.717) is 17.0 Å². The molecule has 1 saturated carbocycles. The minimum Gasteiger partial charge on any atom is -0.444 e. The Morgan fingerprint density at radius 3 is 2.46 bits per heavy atom. The zero-order chi connectivity index (χ0) is 30.1. The standard InChI is InChI=1S/C27H34N4O8S2/c1-26(2,3)23(35)38-13-37-22(34)17-9-10-40-21-18(20(33)31(17)21)29-19(32)15(11-14-7-8-14)16-12-41-24(28-16)30-25(36)39-27(4,5)6/h9,11-12,14,18,21H,7-8,10,13H2,1-6H3,(H,29,32)(H,28,30,36)/b15-11-. The Balaban J connectivity index is 1.38. The average molecular weight is 607 g/mol. The van der Waals surface area contributed by atoms with Gasteiger partial charge in [0.15, 0.2) is 5.13 Å². The molecule has 1 saturated heterocycles. The van der Waals surface area contributed by atoms with Crippen LogP contribution in [0.5, 0.6) is 0 Å². The van der Waals surface area contributed by atoms with E-state index in [1.54, 1.807) is 53.0 Å². The van der Waals surface area contributed by atoms with E-state index >= 15 is 0 Å². The Morgan fingerprint density at radius 1 is 1.12 bits per heavy atom. The van der Waals surface area contributed by atoms with Gasteiger partial charge in [-0.2, -0.15) is 0 Å². The van der Waals surface area contributed by atoms with Gasteiger partial charge in [-0.1, -0.05) is 6.08 Å². The summed E-state index contributed by atoms with van der Waals surface area (Å²) in [5.74, 6) is -1.60. The van der Waals surface area contributed by atoms with Crippen molar-refractivity contribution < 1.29 is 38.2 Å². The lowest BCUT2D eigenvalue weighted by Gasteiger charge is -2.48. The van der Waals surface area contributed by atoms with Gasteiger partial charge in [-0.05, 0) is 66.4 Å². The summed E-state index contributed by atoms with van der Waals surface area (Å²) in [4.78, 5) is 68.8. The van der Waals surface area contributed by atoms with Gasteiger partial charge in [-0.15, -0.1) is 23.1 Å². The number of carbonyl (C=O) groups excluding carboxylic acids is 5. The molecule has 1 aliphatic carbocycles. The van der Waals surface area contributed by atoms with Gasteiger partial charge in [0, 0.05) is 11.1 Å². The summed E-state index contributed by atoms with van der Waals surface area (Å²) in [5.41, 5.74) is -0.698.